The Labute approximate surface area is 119 Å². The average molecular weight is 300 g/mol. The number of sulfonamides is 1. The van der Waals surface area contributed by atoms with Crippen molar-refractivity contribution < 1.29 is 17.9 Å². The summed E-state index contributed by atoms with van der Waals surface area (Å²) in [4.78, 5) is 0.114. The number of nitrogens with two attached hydrogens (primary N) is 1. The van der Waals surface area contributed by atoms with Gasteiger partial charge >= 0.3 is 0 Å². The first-order chi connectivity index (χ1) is 9.50. The summed E-state index contributed by atoms with van der Waals surface area (Å²) in [6, 6.07) is 4.69. The predicted octanol–water partition coefficient (Wildman–Crippen LogP) is 1.08. The van der Waals surface area contributed by atoms with Gasteiger partial charge < -0.3 is 15.2 Å². The minimum absolute atomic E-state index is 0.0567. The Morgan fingerprint density at radius 1 is 1.35 bits per heavy atom. The Morgan fingerprint density at radius 3 is 2.60 bits per heavy atom. The lowest BCUT2D eigenvalue weighted by molar-refractivity contribution is 0.177. The molecule has 6 nitrogen and oxygen atoms in total. The Hall–Kier alpha value is -1.31. The Morgan fingerprint density at radius 2 is 2.05 bits per heavy atom. The molecule has 2 rings (SSSR count). The maximum Gasteiger partial charge on any atom is 0.247 e. The number of methoxy groups -OCH3 is 2. The number of benzene rings is 1. The lowest BCUT2D eigenvalue weighted by atomic mass is 10.3. The number of nitrogen functional groups attached to an aromatic ring is 1. The van der Waals surface area contributed by atoms with Gasteiger partial charge in [0.05, 0.1) is 13.7 Å². The number of anilines is 1. The smallest absolute Gasteiger partial charge is 0.247 e. The van der Waals surface area contributed by atoms with E-state index >= 15 is 0 Å². The fraction of sp³-hybridized carbons (Fsp3) is 0.538. The second-order valence-corrected chi connectivity index (χ2v) is 6.61. The topological polar surface area (TPSA) is 81.9 Å². The predicted molar refractivity (Wildman–Crippen MR) is 76.2 cm³/mol. The molecule has 1 aromatic carbocycles. The molecule has 0 spiro atoms. The van der Waals surface area contributed by atoms with Gasteiger partial charge in [-0.2, -0.15) is 4.31 Å². The summed E-state index contributed by atoms with van der Waals surface area (Å²) in [5.74, 6) is 0.308. The van der Waals surface area contributed by atoms with Crippen molar-refractivity contribution in [3.8, 4) is 5.75 Å². The SMILES string of the molecule is COCCN(C1CC1)S(=O)(=O)c1cc(N)ccc1OC. The molecule has 0 radical (unpaired) electrons. The van der Waals surface area contributed by atoms with Crippen molar-refractivity contribution >= 4 is 15.7 Å². The highest BCUT2D eigenvalue weighted by Crippen LogP contribution is 2.35. The molecule has 112 valence electrons. The Bertz CT molecular complexity index is 570. The van der Waals surface area contributed by atoms with Crippen LogP contribution in [0.2, 0.25) is 0 Å². The van der Waals surface area contributed by atoms with Gasteiger partial charge in [-0.15, -0.1) is 0 Å². The molecule has 0 aliphatic heterocycles. The first-order valence-electron chi connectivity index (χ1n) is 6.45. The summed E-state index contributed by atoms with van der Waals surface area (Å²) in [6.45, 7) is 0.696. The van der Waals surface area contributed by atoms with Crippen molar-refractivity contribution in [2.75, 3.05) is 33.1 Å². The summed E-state index contributed by atoms with van der Waals surface area (Å²) in [6.07, 6.45) is 1.77. The molecule has 1 fully saturated rings. The molecule has 2 N–H and O–H groups in total. The van der Waals surface area contributed by atoms with Crippen LogP contribution in [0.1, 0.15) is 12.8 Å². The van der Waals surface area contributed by atoms with Crippen molar-refractivity contribution in [2.45, 2.75) is 23.8 Å². The molecule has 0 saturated heterocycles. The number of hydrogen-bond donors (Lipinski definition) is 1. The van der Waals surface area contributed by atoms with Gasteiger partial charge in [0.25, 0.3) is 0 Å². The highest BCUT2D eigenvalue weighted by molar-refractivity contribution is 7.89. The third kappa shape index (κ3) is 3.05. The quantitative estimate of drug-likeness (QED) is 0.762. The summed E-state index contributed by atoms with van der Waals surface area (Å²) in [5.41, 5.74) is 6.10. The van der Waals surface area contributed by atoms with Crippen LogP contribution in [0.5, 0.6) is 5.75 Å². The van der Waals surface area contributed by atoms with Gasteiger partial charge in [-0.25, -0.2) is 8.42 Å². The van der Waals surface area contributed by atoms with Gasteiger partial charge in [0.1, 0.15) is 10.6 Å². The van der Waals surface area contributed by atoms with E-state index in [0.717, 1.165) is 12.8 Å². The molecular weight excluding hydrogens is 280 g/mol. The van der Waals surface area contributed by atoms with E-state index in [-0.39, 0.29) is 10.9 Å². The molecule has 1 saturated carbocycles. The molecule has 7 heteroatoms. The van der Waals surface area contributed by atoms with Crippen LogP contribution in [0.4, 0.5) is 5.69 Å². The zero-order chi connectivity index (χ0) is 14.8. The van der Waals surface area contributed by atoms with E-state index in [1.165, 1.54) is 17.5 Å². The van der Waals surface area contributed by atoms with E-state index < -0.39 is 10.0 Å². The molecule has 0 atom stereocenters. The van der Waals surface area contributed by atoms with Crippen LogP contribution < -0.4 is 10.5 Å². The largest absolute Gasteiger partial charge is 0.495 e. The third-order valence-corrected chi connectivity index (χ3v) is 5.22. The molecule has 1 aromatic rings. The van der Waals surface area contributed by atoms with Crippen molar-refractivity contribution in [2.24, 2.45) is 0 Å². The Balaban J connectivity index is 2.39. The molecular formula is C13H20N2O4S. The molecule has 1 aliphatic carbocycles. The van der Waals surface area contributed by atoms with Crippen LogP contribution in [-0.4, -0.2) is 46.1 Å². The average Bonchev–Trinajstić information content (AvgIpc) is 3.23. The maximum absolute atomic E-state index is 12.8. The molecule has 1 aliphatic rings. The molecule has 0 amide bonds. The zero-order valence-electron chi connectivity index (χ0n) is 11.7. The molecule has 20 heavy (non-hydrogen) atoms. The normalized spacial score (nSPS) is 15.6. The van der Waals surface area contributed by atoms with Crippen LogP contribution in [-0.2, 0) is 14.8 Å². The van der Waals surface area contributed by atoms with Gasteiger partial charge in [0.15, 0.2) is 0 Å². The summed E-state index contributed by atoms with van der Waals surface area (Å²) < 4.78 is 37.2. The summed E-state index contributed by atoms with van der Waals surface area (Å²) in [5, 5.41) is 0. The van der Waals surface area contributed by atoms with Crippen molar-refractivity contribution in [1.29, 1.82) is 0 Å². The lowest BCUT2D eigenvalue weighted by Crippen LogP contribution is -2.36. The monoisotopic (exact) mass is 300 g/mol. The molecule has 0 unspecified atom stereocenters. The van der Waals surface area contributed by atoms with E-state index in [4.69, 9.17) is 15.2 Å². The van der Waals surface area contributed by atoms with Gasteiger partial charge in [-0.05, 0) is 31.0 Å². The number of hydrogen-bond acceptors (Lipinski definition) is 5. The van der Waals surface area contributed by atoms with Crippen molar-refractivity contribution in [3.63, 3.8) is 0 Å². The number of nitrogens with zero attached hydrogens (tertiary/aromatic N) is 1. The summed E-state index contributed by atoms with van der Waals surface area (Å²) >= 11 is 0. The number of rotatable bonds is 7. The van der Waals surface area contributed by atoms with E-state index in [1.54, 1.807) is 19.2 Å². The van der Waals surface area contributed by atoms with Crippen LogP contribution in [0.3, 0.4) is 0 Å². The second-order valence-electron chi connectivity index (χ2n) is 4.75. The second kappa shape index (κ2) is 5.99. The minimum Gasteiger partial charge on any atom is -0.495 e. The van der Waals surface area contributed by atoms with E-state index in [0.29, 0.717) is 24.6 Å². The van der Waals surface area contributed by atoms with Crippen LogP contribution in [0.15, 0.2) is 23.1 Å². The van der Waals surface area contributed by atoms with Crippen LogP contribution in [0.25, 0.3) is 0 Å². The standard InChI is InChI=1S/C13H20N2O4S/c1-18-8-7-15(11-4-5-11)20(16,17)13-9-10(14)3-6-12(13)19-2/h3,6,9,11H,4-5,7-8,14H2,1-2H3. The van der Waals surface area contributed by atoms with E-state index in [2.05, 4.69) is 0 Å². The Kier molecular flexibility index (Phi) is 4.52. The summed E-state index contributed by atoms with van der Waals surface area (Å²) in [7, 11) is -0.627. The van der Waals surface area contributed by atoms with E-state index in [9.17, 15) is 8.42 Å². The fourth-order valence-electron chi connectivity index (χ4n) is 2.06. The van der Waals surface area contributed by atoms with Crippen LogP contribution in [0, 0.1) is 0 Å². The van der Waals surface area contributed by atoms with Gasteiger partial charge in [0.2, 0.25) is 10.0 Å². The highest BCUT2D eigenvalue weighted by Gasteiger charge is 2.39. The van der Waals surface area contributed by atoms with Gasteiger partial charge in [-0.3, -0.25) is 0 Å². The highest BCUT2D eigenvalue weighted by atomic mass is 32.2. The number of ether oxygens (including phenoxy) is 2. The fourth-order valence-corrected chi connectivity index (χ4v) is 3.93. The van der Waals surface area contributed by atoms with Gasteiger partial charge in [0, 0.05) is 25.4 Å². The minimum atomic E-state index is -3.63. The molecule has 0 heterocycles. The van der Waals surface area contributed by atoms with Crippen molar-refractivity contribution in [3.05, 3.63) is 18.2 Å². The lowest BCUT2D eigenvalue weighted by Gasteiger charge is -2.22. The third-order valence-electron chi connectivity index (χ3n) is 3.24. The van der Waals surface area contributed by atoms with Gasteiger partial charge in [-0.1, -0.05) is 0 Å². The van der Waals surface area contributed by atoms with E-state index in [1.807, 2.05) is 0 Å². The van der Waals surface area contributed by atoms with Crippen molar-refractivity contribution in [1.82, 2.24) is 4.31 Å². The maximum atomic E-state index is 12.8. The first kappa shape index (κ1) is 15.1. The molecule has 0 aromatic heterocycles. The molecule has 0 bridgehead atoms. The zero-order valence-corrected chi connectivity index (χ0v) is 12.5. The van der Waals surface area contributed by atoms with Crippen LogP contribution >= 0.6 is 0 Å². The first-order valence-corrected chi connectivity index (χ1v) is 7.89.